The number of aryl methyl sites for hydroxylation is 1. The molecule has 0 unspecified atom stereocenters. The normalized spacial score (nSPS) is 17.5. The molecule has 0 aromatic carbocycles. The first kappa shape index (κ1) is 14.2. The third-order valence-electron chi connectivity index (χ3n) is 4.64. The molecule has 1 aliphatic heterocycles. The maximum atomic E-state index is 12.4. The Morgan fingerprint density at radius 3 is 2.83 bits per heavy atom. The minimum absolute atomic E-state index is 0.0705. The zero-order chi connectivity index (χ0) is 15.8. The van der Waals surface area contributed by atoms with E-state index in [1.165, 1.54) is 6.42 Å². The maximum absolute atomic E-state index is 12.4. The molecule has 0 bridgehead atoms. The Morgan fingerprint density at radius 2 is 2.13 bits per heavy atom. The molecule has 1 amide bonds. The number of carbonyl (C=O) groups is 1. The fraction of sp³-hybridized carbons (Fsp3) is 0.500. The second kappa shape index (κ2) is 5.64. The van der Waals surface area contributed by atoms with Gasteiger partial charge in [0.25, 0.3) is 5.91 Å². The average molecular weight is 312 g/mol. The van der Waals surface area contributed by atoms with Crippen molar-refractivity contribution >= 4 is 11.9 Å². The van der Waals surface area contributed by atoms with Crippen molar-refractivity contribution in [2.24, 2.45) is 0 Å². The van der Waals surface area contributed by atoms with Gasteiger partial charge in [-0.3, -0.25) is 9.89 Å². The highest BCUT2D eigenvalue weighted by molar-refractivity contribution is 5.94. The van der Waals surface area contributed by atoms with E-state index in [0.717, 1.165) is 42.6 Å². The zero-order valence-corrected chi connectivity index (χ0v) is 13.2. The molecule has 1 saturated carbocycles. The van der Waals surface area contributed by atoms with Crippen LogP contribution in [0.4, 0.5) is 5.95 Å². The lowest BCUT2D eigenvalue weighted by molar-refractivity contribution is 0.0911. The lowest BCUT2D eigenvalue weighted by Crippen LogP contribution is -2.40. The van der Waals surface area contributed by atoms with Crippen LogP contribution >= 0.6 is 0 Å². The first-order valence-corrected chi connectivity index (χ1v) is 8.11. The van der Waals surface area contributed by atoms with Gasteiger partial charge in [-0.1, -0.05) is 0 Å². The molecule has 0 atom stereocenters. The van der Waals surface area contributed by atoms with Gasteiger partial charge in [0.2, 0.25) is 5.95 Å². The van der Waals surface area contributed by atoms with Crippen molar-refractivity contribution in [3.05, 3.63) is 34.9 Å². The molecular weight excluding hydrogens is 292 g/mol. The largest absolute Gasteiger partial charge is 0.348 e. The van der Waals surface area contributed by atoms with E-state index >= 15 is 0 Å². The second-order valence-electron chi connectivity index (χ2n) is 6.36. The molecule has 7 nitrogen and oxygen atoms in total. The van der Waals surface area contributed by atoms with Gasteiger partial charge < -0.3 is 10.2 Å². The highest BCUT2D eigenvalue weighted by atomic mass is 16.2. The van der Waals surface area contributed by atoms with Crippen LogP contribution in [0.15, 0.2) is 12.4 Å². The monoisotopic (exact) mass is 312 g/mol. The number of nitrogens with one attached hydrogen (secondary N) is 2. The van der Waals surface area contributed by atoms with Gasteiger partial charge in [-0.25, -0.2) is 9.97 Å². The van der Waals surface area contributed by atoms with E-state index in [1.54, 1.807) is 0 Å². The number of hydrogen-bond donors (Lipinski definition) is 2. The van der Waals surface area contributed by atoms with Crippen molar-refractivity contribution < 1.29 is 4.79 Å². The molecule has 120 valence electrons. The number of aromatic nitrogens is 4. The summed E-state index contributed by atoms with van der Waals surface area (Å²) in [5.74, 6) is 0.631. The number of anilines is 1. The van der Waals surface area contributed by atoms with Crippen molar-refractivity contribution in [3.63, 3.8) is 0 Å². The molecule has 0 radical (unpaired) electrons. The molecule has 1 aliphatic carbocycles. The number of H-pyrrole nitrogens is 1. The van der Waals surface area contributed by atoms with Crippen molar-refractivity contribution in [2.45, 2.75) is 45.2 Å². The van der Waals surface area contributed by atoms with E-state index in [2.05, 4.69) is 30.4 Å². The van der Waals surface area contributed by atoms with Crippen LogP contribution in [0, 0.1) is 6.92 Å². The first-order valence-electron chi connectivity index (χ1n) is 8.11. The van der Waals surface area contributed by atoms with Gasteiger partial charge in [0.15, 0.2) is 5.69 Å². The summed E-state index contributed by atoms with van der Waals surface area (Å²) in [6.45, 7) is 3.40. The van der Waals surface area contributed by atoms with Gasteiger partial charge in [-0.15, -0.1) is 0 Å². The number of hydrogen-bond acceptors (Lipinski definition) is 5. The van der Waals surface area contributed by atoms with E-state index in [0.29, 0.717) is 24.2 Å². The Hall–Kier alpha value is -2.44. The molecule has 7 heteroatoms. The Bertz CT molecular complexity index is 719. The Labute approximate surface area is 134 Å². The number of fused-ring (bicyclic) bond motifs is 1. The van der Waals surface area contributed by atoms with E-state index in [1.807, 2.05) is 19.3 Å². The summed E-state index contributed by atoms with van der Waals surface area (Å²) in [5, 5.41) is 10.3. The zero-order valence-electron chi connectivity index (χ0n) is 13.2. The van der Waals surface area contributed by atoms with E-state index in [-0.39, 0.29) is 5.91 Å². The average Bonchev–Trinajstić information content (AvgIpc) is 2.94. The maximum Gasteiger partial charge on any atom is 0.272 e. The summed E-state index contributed by atoms with van der Waals surface area (Å²) in [6.07, 6.45) is 7.79. The third kappa shape index (κ3) is 2.67. The number of carbonyl (C=O) groups excluding carboxylic acids is 1. The SMILES string of the molecule is Cc1cnc(N2CCc3[nH]nc(C(=O)NC4CCC4)c3C2)nc1. The highest BCUT2D eigenvalue weighted by Gasteiger charge is 2.28. The van der Waals surface area contributed by atoms with Crippen LogP contribution in [0.1, 0.15) is 46.6 Å². The smallest absolute Gasteiger partial charge is 0.272 e. The van der Waals surface area contributed by atoms with Crippen molar-refractivity contribution in [1.82, 2.24) is 25.5 Å². The van der Waals surface area contributed by atoms with Crippen LogP contribution in [0.5, 0.6) is 0 Å². The minimum atomic E-state index is -0.0705. The van der Waals surface area contributed by atoms with Crippen molar-refractivity contribution in [3.8, 4) is 0 Å². The summed E-state index contributed by atoms with van der Waals surface area (Å²) >= 11 is 0. The quantitative estimate of drug-likeness (QED) is 0.893. The van der Waals surface area contributed by atoms with Crippen molar-refractivity contribution in [1.29, 1.82) is 0 Å². The van der Waals surface area contributed by atoms with Crippen molar-refractivity contribution in [2.75, 3.05) is 11.4 Å². The Kier molecular flexibility index (Phi) is 3.48. The van der Waals surface area contributed by atoms with Gasteiger partial charge in [0, 0.05) is 42.7 Å². The molecule has 2 N–H and O–H groups in total. The lowest BCUT2D eigenvalue weighted by atomic mass is 9.93. The fourth-order valence-electron chi connectivity index (χ4n) is 3.01. The minimum Gasteiger partial charge on any atom is -0.348 e. The van der Waals surface area contributed by atoms with Gasteiger partial charge in [-0.05, 0) is 31.7 Å². The van der Waals surface area contributed by atoms with Crippen LogP contribution in [0.25, 0.3) is 0 Å². The van der Waals surface area contributed by atoms with Crippen LogP contribution in [0.2, 0.25) is 0 Å². The second-order valence-corrected chi connectivity index (χ2v) is 6.36. The lowest BCUT2D eigenvalue weighted by Gasteiger charge is -2.28. The highest BCUT2D eigenvalue weighted by Crippen LogP contribution is 2.24. The molecule has 23 heavy (non-hydrogen) atoms. The predicted octanol–water partition coefficient (Wildman–Crippen LogP) is 1.35. The molecular formula is C16H20N6O. The van der Waals surface area contributed by atoms with Crippen LogP contribution < -0.4 is 10.2 Å². The number of nitrogens with zero attached hydrogens (tertiary/aromatic N) is 4. The van der Waals surface area contributed by atoms with Gasteiger partial charge in [0.05, 0.1) is 6.54 Å². The topological polar surface area (TPSA) is 86.8 Å². The Balaban J connectivity index is 1.54. The summed E-state index contributed by atoms with van der Waals surface area (Å²) in [6, 6.07) is 0.315. The molecule has 2 aliphatic rings. The van der Waals surface area contributed by atoms with Gasteiger partial charge >= 0.3 is 0 Å². The summed E-state index contributed by atoms with van der Waals surface area (Å²) in [4.78, 5) is 23.3. The third-order valence-corrected chi connectivity index (χ3v) is 4.64. The molecule has 0 spiro atoms. The number of rotatable bonds is 3. The standard InChI is InChI=1S/C16H20N6O/c1-10-7-17-16(18-8-10)22-6-5-13-12(9-22)14(21-20-13)15(23)19-11-3-2-4-11/h7-8,11H,2-6,9H2,1H3,(H,19,23)(H,20,21). The van der Waals surface area contributed by atoms with Gasteiger partial charge in [0.1, 0.15) is 0 Å². The molecule has 3 heterocycles. The summed E-state index contributed by atoms with van der Waals surface area (Å²) < 4.78 is 0. The van der Waals surface area contributed by atoms with Gasteiger partial charge in [-0.2, -0.15) is 5.10 Å². The number of aromatic amines is 1. The predicted molar refractivity (Wildman–Crippen MR) is 85.2 cm³/mol. The molecule has 2 aromatic heterocycles. The van der Waals surface area contributed by atoms with Crippen LogP contribution in [0.3, 0.4) is 0 Å². The molecule has 1 fully saturated rings. The van der Waals surface area contributed by atoms with E-state index in [9.17, 15) is 4.79 Å². The summed E-state index contributed by atoms with van der Waals surface area (Å²) in [5.41, 5.74) is 3.57. The van der Waals surface area contributed by atoms with E-state index < -0.39 is 0 Å². The fourth-order valence-corrected chi connectivity index (χ4v) is 3.01. The first-order chi connectivity index (χ1) is 11.2. The molecule has 0 saturated heterocycles. The Morgan fingerprint density at radius 1 is 1.35 bits per heavy atom. The van der Waals surface area contributed by atoms with Crippen LogP contribution in [-0.2, 0) is 13.0 Å². The van der Waals surface area contributed by atoms with Crippen LogP contribution in [-0.4, -0.2) is 38.7 Å². The van der Waals surface area contributed by atoms with E-state index in [4.69, 9.17) is 0 Å². The summed E-state index contributed by atoms with van der Waals surface area (Å²) in [7, 11) is 0. The number of amides is 1. The molecule has 4 rings (SSSR count). The molecule has 2 aromatic rings.